The van der Waals surface area contributed by atoms with Gasteiger partial charge in [0, 0.05) is 38.1 Å². The van der Waals surface area contributed by atoms with Gasteiger partial charge in [-0.15, -0.1) is 0 Å². The van der Waals surface area contributed by atoms with E-state index in [1.54, 1.807) is 42.5 Å². The van der Waals surface area contributed by atoms with Gasteiger partial charge >= 0.3 is 0 Å². The Morgan fingerprint density at radius 3 is 1.70 bits per heavy atom. The van der Waals surface area contributed by atoms with Crippen LogP contribution in [-0.4, -0.2) is 63.1 Å². The largest absolute Gasteiger partial charge is 0.508 e. The van der Waals surface area contributed by atoms with E-state index in [1.807, 2.05) is 0 Å². The summed E-state index contributed by atoms with van der Waals surface area (Å²) >= 11 is 0. The van der Waals surface area contributed by atoms with Crippen LogP contribution in [0.3, 0.4) is 0 Å². The summed E-state index contributed by atoms with van der Waals surface area (Å²) in [5, 5.41) is 48.9. The number of hydrogen-bond donors (Lipinski definition) is 4. The van der Waals surface area contributed by atoms with Gasteiger partial charge in [0.1, 0.15) is 23.0 Å². The lowest BCUT2D eigenvalue weighted by molar-refractivity contribution is 0.336. The third kappa shape index (κ3) is 3.87. The second-order valence-corrected chi connectivity index (χ2v) is 10.0. The molecular formula is C34H30O10. The zero-order valence-electron chi connectivity index (χ0n) is 24.9. The van der Waals surface area contributed by atoms with E-state index in [0.29, 0.717) is 54.6 Å². The molecule has 0 fully saturated rings. The van der Waals surface area contributed by atoms with Crippen molar-refractivity contribution in [2.45, 2.75) is 0 Å². The molecule has 0 saturated carbocycles. The minimum absolute atomic E-state index is 0.0369. The van der Waals surface area contributed by atoms with Crippen molar-refractivity contribution < 1.29 is 48.8 Å². The topological polar surface area (TPSA) is 136 Å². The molecule has 0 unspecified atom stereocenters. The third-order valence-corrected chi connectivity index (χ3v) is 7.98. The highest BCUT2D eigenvalue weighted by molar-refractivity contribution is 6.25. The number of fused-ring (bicyclic) bond motifs is 6. The van der Waals surface area contributed by atoms with Gasteiger partial charge in [0.15, 0.2) is 23.0 Å². The Kier molecular flexibility index (Phi) is 6.84. The molecule has 0 amide bonds. The van der Waals surface area contributed by atoms with Gasteiger partial charge in [-0.2, -0.15) is 0 Å². The van der Waals surface area contributed by atoms with Crippen molar-refractivity contribution in [3.8, 4) is 68.6 Å². The first-order valence-corrected chi connectivity index (χ1v) is 13.4. The summed E-state index contributed by atoms with van der Waals surface area (Å²) in [4.78, 5) is 0. The van der Waals surface area contributed by atoms with Gasteiger partial charge in [-0.05, 0) is 64.7 Å². The zero-order valence-corrected chi connectivity index (χ0v) is 24.9. The summed E-state index contributed by atoms with van der Waals surface area (Å²) in [5.41, 5.74) is 0.454. The van der Waals surface area contributed by atoms with Crippen LogP contribution in [-0.2, 0) is 0 Å². The van der Waals surface area contributed by atoms with Crippen LogP contribution in [0.25, 0.3) is 54.2 Å². The van der Waals surface area contributed by atoms with E-state index in [0.717, 1.165) is 0 Å². The van der Waals surface area contributed by atoms with E-state index in [1.165, 1.54) is 48.7 Å². The number of aromatic hydroxyl groups is 4. The summed E-state index contributed by atoms with van der Waals surface area (Å²) < 4.78 is 34.3. The lowest BCUT2D eigenvalue weighted by atomic mass is 9.87. The molecule has 6 rings (SSSR count). The smallest absolute Gasteiger partial charge is 0.204 e. The molecular weight excluding hydrogens is 568 g/mol. The molecule has 0 spiro atoms. The van der Waals surface area contributed by atoms with Crippen LogP contribution in [0.1, 0.15) is 0 Å². The molecule has 0 bridgehead atoms. The summed E-state index contributed by atoms with van der Waals surface area (Å²) in [6.07, 6.45) is 0. The van der Waals surface area contributed by atoms with Crippen LogP contribution in [0.2, 0.25) is 0 Å². The van der Waals surface area contributed by atoms with Crippen molar-refractivity contribution in [3.63, 3.8) is 0 Å². The number of methoxy groups -OCH3 is 6. The summed E-state index contributed by atoms with van der Waals surface area (Å²) in [6, 6.07) is 13.0. The van der Waals surface area contributed by atoms with Crippen molar-refractivity contribution in [2.75, 3.05) is 42.7 Å². The van der Waals surface area contributed by atoms with Gasteiger partial charge in [0.2, 0.25) is 11.5 Å². The van der Waals surface area contributed by atoms with Crippen molar-refractivity contribution in [2.24, 2.45) is 0 Å². The molecule has 0 atom stereocenters. The Hall–Kier alpha value is -5.64. The Balaban J connectivity index is 1.92. The average Bonchev–Trinajstić information content (AvgIpc) is 3.02. The molecule has 0 saturated heterocycles. The Labute approximate surface area is 251 Å². The maximum Gasteiger partial charge on any atom is 0.204 e. The minimum Gasteiger partial charge on any atom is -0.508 e. The second kappa shape index (κ2) is 10.6. The van der Waals surface area contributed by atoms with Crippen LogP contribution in [0.5, 0.6) is 57.5 Å². The Morgan fingerprint density at radius 2 is 1.07 bits per heavy atom. The molecule has 10 heteroatoms. The van der Waals surface area contributed by atoms with Crippen LogP contribution in [0.15, 0.2) is 48.5 Å². The second-order valence-electron chi connectivity index (χ2n) is 10.0. The number of hydrogen-bond acceptors (Lipinski definition) is 10. The highest BCUT2D eigenvalue weighted by atomic mass is 16.5. The fraction of sp³-hybridized carbons (Fsp3) is 0.176. The van der Waals surface area contributed by atoms with Gasteiger partial charge < -0.3 is 48.8 Å². The molecule has 0 aliphatic heterocycles. The molecule has 44 heavy (non-hydrogen) atoms. The third-order valence-electron chi connectivity index (χ3n) is 7.98. The van der Waals surface area contributed by atoms with Crippen LogP contribution >= 0.6 is 0 Å². The quantitative estimate of drug-likeness (QED) is 0.145. The lowest BCUT2D eigenvalue weighted by Gasteiger charge is -2.23. The van der Waals surface area contributed by atoms with Crippen molar-refractivity contribution >= 4 is 43.1 Å². The first-order valence-electron chi connectivity index (χ1n) is 13.4. The van der Waals surface area contributed by atoms with Gasteiger partial charge in [0.05, 0.1) is 42.7 Å². The van der Waals surface area contributed by atoms with Crippen molar-refractivity contribution in [3.05, 3.63) is 48.5 Å². The van der Waals surface area contributed by atoms with Crippen molar-refractivity contribution in [1.82, 2.24) is 0 Å². The average molecular weight is 599 g/mol. The summed E-state index contributed by atoms with van der Waals surface area (Å²) in [6.45, 7) is 0. The first-order chi connectivity index (χ1) is 21.2. The first kappa shape index (κ1) is 28.5. The monoisotopic (exact) mass is 598 g/mol. The number of rotatable bonds is 7. The number of phenols is 4. The molecule has 10 nitrogen and oxygen atoms in total. The van der Waals surface area contributed by atoms with Crippen molar-refractivity contribution in [1.29, 1.82) is 0 Å². The number of benzene rings is 6. The Morgan fingerprint density at radius 1 is 0.432 bits per heavy atom. The normalized spacial score (nSPS) is 11.3. The van der Waals surface area contributed by atoms with Gasteiger partial charge in [-0.25, -0.2) is 0 Å². The molecule has 226 valence electrons. The number of phenolic OH excluding ortho intramolecular Hbond substituents is 4. The minimum atomic E-state index is -0.294. The lowest BCUT2D eigenvalue weighted by Crippen LogP contribution is -1.99. The maximum absolute atomic E-state index is 11.9. The van der Waals surface area contributed by atoms with Gasteiger partial charge in [-0.3, -0.25) is 0 Å². The SMILES string of the molecule is COc1c(O)cc2cc(OC)c3c(-c4c(O)c(OC)c(OC)c5c4cc(OC)c4cc(O)ccc45)c(O)ccc3c2c1OC. The Bertz CT molecular complexity index is 2130. The number of ether oxygens (including phenoxy) is 6. The van der Waals surface area contributed by atoms with E-state index >= 15 is 0 Å². The standard InChI is InChI=1S/C34H30O10/c1-39-23-14-20-26(17-8-7-16(35)13-19(17)23)33(43-5)34(44-6)30(38)28(20)29-21(36)10-9-18-25-15(12-24(40-2)27(18)29)11-22(37)31(41-3)32(25)42-4/h7-14,35-38H,1-6H3. The van der Waals surface area contributed by atoms with Crippen LogP contribution < -0.4 is 28.4 Å². The van der Waals surface area contributed by atoms with Gasteiger partial charge in [0.25, 0.3) is 0 Å². The predicted molar refractivity (Wildman–Crippen MR) is 168 cm³/mol. The highest BCUT2D eigenvalue weighted by Gasteiger charge is 2.29. The maximum atomic E-state index is 11.9. The van der Waals surface area contributed by atoms with E-state index in [4.69, 9.17) is 28.4 Å². The molecule has 0 radical (unpaired) electrons. The summed E-state index contributed by atoms with van der Waals surface area (Å²) in [7, 11) is 8.77. The summed E-state index contributed by atoms with van der Waals surface area (Å²) in [5.74, 6) is 0.937. The molecule has 6 aromatic rings. The zero-order chi connectivity index (χ0) is 31.4. The van der Waals surface area contributed by atoms with E-state index < -0.39 is 0 Å². The highest BCUT2D eigenvalue weighted by Crippen LogP contribution is 2.58. The predicted octanol–water partition coefficient (Wildman–Crippen LogP) is 6.84. The molecule has 0 aliphatic carbocycles. The molecule has 0 aromatic heterocycles. The molecule has 0 heterocycles. The molecule has 0 aliphatic rings. The van der Waals surface area contributed by atoms with E-state index in [-0.39, 0.29) is 57.1 Å². The fourth-order valence-electron chi connectivity index (χ4n) is 6.20. The van der Waals surface area contributed by atoms with E-state index in [9.17, 15) is 20.4 Å². The van der Waals surface area contributed by atoms with Gasteiger partial charge in [-0.1, -0.05) is 0 Å². The fourth-order valence-corrected chi connectivity index (χ4v) is 6.20. The van der Waals surface area contributed by atoms with E-state index in [2.05, 4.69) is 0 Å². The molecule has 6 aromatic carbocycles. The van der Waals surface area contributed by atoms with Crippen LogP contribution in [0, 0.1) is 0 Å². The molecule has 4 N–H and O–H groups in total. The van der Waals surface area contributed by atoms with Crippen LogP contribution in [0.4, 0.5) is 0 Å².